The summed E-state index contributed by atoms with van der Waals surface area (Å²) in [5, 5.41) is 2.71. The van der Waals surface area contributed by atoms with Gasteiger partial charge in [0, 0.05) is 12.1 Å². The standard InChI is InChI=1S/C10H11F3N2O2S/c11-10(12,13)18(16,17)9-4-2-1-3-7(9)15-8-5-6(8)14/h1-4,6,8,15H,5,14H2. The number of anilines is 1. The molecule has 0 amide bonds. The van der Waals surface area contributed by atoms with Crippen molar-refractivity contribution >= 4 is 15.5 Å². The summed E-state index contributed by atoms with van der Waals surface area (Å²) in [6.45, 7) is 0. The maximum Gasteiger partial charge on any atom is 0.501 e. The van der Waals surface area contributed by atoms with E-state index in [9.17, 15) is 21.6 Å². The van der Waals surface area contributed by atoms with Crippen molar-refractivity contribution in [1.29, 1.82) is 0 Å². The lowest BCUT2D eigenvalue weighted by molar-refractivity contribution is -0.0435. The van der Waals surface area contributed by atoms with E-state index in [2.05, 4.69) is 5.32 Å². The van der Waals surface area contributed by atoms with Gasteiger partial charge in [-0.2, -0.15) is 13.2 Å². The summed E-state index contributed by atoms with van der Waals surface area (Å²) in [5.74, 6) is 0. The predicted octanol–water partition coefficient (Wildman–Crippen LogP) is 1.49. The second kappa shape index (κ2) is 4.13. The van der Waals surface area contributed by atoms with Gasteiger partial charge in [-0.05, 0) is 18.6 Å². The summed E-state index contributed by atoms with van der Waals surface area (Å²) < 4.78 is 60.2. The Morgan fingerprint density at radius 2 is 1.83 bits per heavy atom. The first-order valence-corrected chi connectivity index (χ1v) is 6.64. The summed E-state index contributed by atoms with van der Waals surface area (Å²) in [6.07, 6.45) is 0.612. The fourth-order valence-corrected chi connectivity index (χ4v) is 2.45. The summed E-state index contributed by atoms with van der Waals surface area (Å²) in [5.41, 5.74) is 0.154. The van der Waals surface area contributed by atoms with Crippen LogP contribution in [0.15, 0.2) is 29.2 Å². The van der Waals surface area contributed by atoms with Gasteiger partial charge in [0.2, 0.25) is 0 Å². The second-order valence-corrected chi connectivity index (χ2v) is 6.01. The number of sulfone groups is 1. The zero-order valence-corrected chi connectivity index (χ0v) is 9.92. The Bertz CT molecular complexity index is 556. The van der Waals surface area contributed by atoms with Crippen molar-refractivity contribution in [3.63, 3.8) is 0 Å². The van der Waals surface area contributed by atoms with Crippen LogP contribution in [0.1, 0.15) is 6.42 Å². The van der Waals surface area contributed by atoms with Gasteiger partial charge in [-0.3, -0.25) is 0 Å². The highest BCUT2D eigenvalue weighted by Gasteiger charge is 2.48. The van der Waals surface area contributed by atoms with Crippen LogP contribution in [0.25, 0.3) is 0 Å². The number of hydrogen-bond acceptors (Lipinski definition) is 4. The minimum absolute atomic E-state index is 0.0622. The van der Waals surface area contributed by atoms with Gasteiger partial charge in [-0.25, -0.2) is 8.42 Å². The third-order valence-corrected chi connectivity index (χ3v) is 4.21. The summed E-state index contributed by atoms with van der Waals surface area (Å²) in [4.78, 5) is -0.767. The molecule has 1 aromatic carbocycles. The van der Waals surface area contributed by atoms with Crippen molar-refractivity contribution in [1.82, 2.24) is 0 Å². The molecule has 0 radical (unpaired) electrons. The van der Waals surface area contributed by atoms with Crippen molar-refractivity contribution in [3.05, 3.63) is 24.3 Å². The van der Waals surface area contributed by atoms with Crippen LogP contribution >= 0.6 is 0 Å². The molecule has 100 valence electrons. The maximum absolute atomic E-state index is 12.5. The van der Waals surface area contributed by atoms with Gasteiger partial charge in [0.1, 0.15) is 0 Å². The van der Waals surface area contributed by atoms with E-state index in [1.165, 1.54) is 18.2 Å². The molecule has 1 fully saturated rings. The van der Waals surface area contributed by atoms with Gasteiger partial charge < -0.3 is 11.1 Å². The Labute approximate surface area is 102 Å². The lowest BCUT2D eigenvalue weighted by Gasteiger charge is -2.13. The predicted molar refractivity (Wildman–Crippen MR) is 59.7 cm³/mol. The summed E-state index contributed by atoms with van der Waals surface area (Å²) >= 11 is 0. The highest BCUT2D eigenvalue weighted by atomic mass is 32.2. The summed E-state index contributed by atoms with van der Waals surface area (Å²) in [6, 6.07) is 4.62. The number of rotatable bonds is 3. The topological polar surface area (TPSA) is 72.2 Å². The van der Waals surface area contributed by atoms with E-state index in [0.29, 0.717) is 6.42 Å². The molecule has 0 heterocycles. The van der Waals surface area contributed by atoms with Crippen molar-refractivity contribution in [2.75, 3.05) is 5.32 Å². The lowest BCUT2D eigenvalue weighted by Crippen LogP contribution is -2.25. The highest BCUT2D eigenvalue weighted by molar-refractivity contribution is 7.92. The Morgan fingerprint density at radius 1 is 1.28 bits per heavy atom. The van der Waals surface area contributed by atoms with Crippen LogP contribution in [0.3, 0.4) is 0 Å². The zero-order chi connectivity index (χ0) is 13.6. The molecule has 8 heteroatoms. The molecule has 2 atom stereocenters. The molecule has 3 N–H and O–H groups in total. The van der Waals surface area contributed by atoms with Crippen LogP contribution in [0.5, 0.6) is 0 Å². The molecule has 0 saturated heterocycles. The number of nitrogens with one attached hydrogen (secondary N) is 1. The Kier molecular flexibility index (Phi) is 3.02. The Hall–Kier alpha value is -1.28. The number of alkyl halides is 3. The molecule has 4 nitrogen and oxygen atoms in total. The van der Waals surface area contributed by atoms with Crippen LogP contribution in [0.4, 0.5) is 18.9 Å². The van der Waals surface area contributed by atoms with E-state index in [1.807, 2.05) is 0 Å². The average Bonchev–Trinajstić information content (AvgIpc) is 2.93. The molecule has 2 unspecified atom stereocenters. The first-order chi connectivity index (χ1) is 8.23. The van der Waals surface area contributed by atoms with Crippen LogP contribution in [0.2, 0.25) is 0 Å². The van der Waals surface area contributed by atoms with Crippen LogP contribution < -0.4 is 11.1 Å². The first-order valence-electron chi connectivity index (χ1n) is 5.16. The van der Waals surface area contributed by atoms with Crippen LogP contribution in [0, 0.1) is 0 Å². The van der Waals surface area contributed by atoms with E-state index in [0.717, 1.165) is 6.07 Å². The highest BCUT2D eigenvalue weighted by Crippen LogP contribution is 2.35. The largest absolute Gasteiger partial charge is 0.501 e. The van der Waals surface area contributed by atoms with E-state index >= 15 is 0 Å². The summed E-state index contributed by atoms with van der Waals surface area (Å²) in [7, 11) is -5.35. The molecule has 0 aromatic heterocycles. The molecule has 0 aliphatic heterocycles. The molecular formula is C10H11F3N2O2S. The smallest absolute Gasteiger partial charge is 0.380 e. The molecule has 1 aromatic rings. The number of benzene rings is 1. The van der Waals surface area contributed by atoms with Crippen molar-refractivity contribution in [2.24, 2.45) is 5.73 Å². The van der Waals surface area contributed by atoms with Gasteiger partial charge >= 0.3 is 5.51 Å². The number of hydrogen-bond donors (Lipinski definition) is 2. The number of para-hydroxylation sites is 1. The van der Waals surface area contributed by atoms with Crippen molar-refractivity contribution in [3.8, 4) is 0 Å². The fraction of sp³-hybridized carbons (Fsp3) is 0.400. The van der Waals surface area contributed by atoms with Gasteiger partial charge in [0.05, 0.1) is 10.6 Å². The monoisotopic (exact) mass is 280 g/mol. The normalized spacial score (nSPS) is 23.8. The molecule has 18 heavy (non-hydrogen) atoms. The minimum Gasteiger partial charge on any atom is -0.380 e. The molecule has 0 spiro atoms. The molecule has 1 aliphatic rings. The minimum atomic E-state index is -5.35. The second-order valence-electron chi connectivity index (χ2n) is 4.10. The van der Waals surface area contributed by atoms with Gasteiger partial charge in [-0.1, -0.05) is 12.1 Å². The van der Waals surface area contributed by atoms with Crippen molar-refractivity contribution < 1.29 is 21.6 Å². The maximum atomic E-state index is 12.5. The van der Waals surface area contributed by atoms with Crippen LogP contribution in [-0.4, -0.2) is 26.0 Å². The van der Waals surface area contributed by atoms with Gasteiger partial charge in [-0.15, -0.1) is 0 Å². The third kappa shape index (κ3) is 2.30. The van der Waals surface area contributed by atoms with E-state index in [1.54, 1.807) is 0 Å². The first kappa shape index (κ1) is 13.2. The zero-order valence-electron chi connectivity index (χ0n) is 9.11. The van der Waals surface area contributed by atoms with E-state index in [4.69, 9.17) is 5.73 Å². The van der Waals surface area contributed by atoms with Gasteiger partial charge in [0.25, 0.3) is 9.84 Å². The lowest BCUT2D eigenvalue weighted by atomic mass is 10.3. The van der Waals surface area contributed by atoms with E-state index < -0.39 is 20.2 Å². The molecule has 1 saturated carbocycles. The fourth-order valence-electron chi connectivity index (χ4n) is 1.53. The Morgan fingerprint density at radius 3 is 2.33 bits per heavy atom. The quantitative estimate of drug-likeness (QED) is 0.880. The number of halogens is 3. The van der Waals surface area contributed by atoms with Crippen molar-refractivity contribution in [2.45, 2.75) is 28.9 Å². The molecule has 2 rings (SSSR count). The van der Waals surface area contributed by atoms with Crippen LogP contribution in [-0.2, 0) is 9.84 Å². The molecule has 0 bridgehead atoms. The molecule has 1 aliphatic carbocycles. The third-order valence-electron chi connectivity index (χ3n) is 2.66. The number of nitrogens with two attached hydrogens (primary N) is 1. The molecular weight excluding hydrogens is 269 g/mol. The van der Waals surface area contributed by atoms with Gasteiger partial charge in [0.15, 0.2) is 0 Å². The van der Waals surface area contributed by atoms with E-state index in [-0.39, 0.29) is 17.8 Å². The SMILES string of the molecule is NC1CC1Nc1ccccc1S(=O)(=O)C(F)(F)F. The Balaban J connectivity index is 2.39. The average molecular weight is 280 g/mol.